The van der Waals surface area contributed by atoms with Crippen LogP contribution >= 0.6 is 0 Å². The Kier molecular flexibility index (Phi) is 4.20. The highest BCUT2D eigenvalue weighted by Crippen LogP contribution is 2.07. The molecule has 1 unspecified atom stereocenters. The van der Waals surface area contributed by atoms with Crippen molar-refractivity contribution in [3.63, 3.8) is 0 Å². The van der Waals surface area contributed by atoms with Crippen LogP contribution in [0.25, 0.3) is 0 Å². The Balaban J connectivity index is 3.69. The summed E-state index contributed by atoms with van der Waals surface area (Å²) in [6.45, 7) is 2.60. The number of rotatable bonds is 5. The van der Waals surface area contributed by atoms with E-state index in [2.05, 4.69) is 4.90 Å². The summed E-state index contributed by atoms with van der Waals surface area (Å²) >= 11 is 0. The third kappa shape index (κ3) is 4.31. The zero-order valence-electron chi connectivity index (χ0n) is 8.13. The first kappa shape index (κ1) is 11.4. The second-order valence-electron chi connectivity index (χ2n) is 3.69. The quantitative estimate of drug-likeness (QED) is 0.590. The molecule has 0 spiro atoms. The zero-order valence-corrected chi connectivity index (χ0v) is 8.13. The zero-order chi connectivity index (χ0) is 9.78. The van der Waals surface area contributed by atoms with Gasteiger partial charge in [-0.05, 0) is 40.4 Å². The van der Waals surface area contributed by atoms with Crippen LogP contribution in [-0.4, -0.2) is 37.0 Å². The van der Waals surface area contributed by atoms with Crippen molar-refractivity contribution in [3.05, 3.63) is 0 Å². The Bertz CT molecular complexity index is 154. The van der Waals surface area contributed by atoms with Crippen molar-refractivity contribution in [1.82, 2.24) is 4.90 Å². The van der Waals surface area contributed by atoms with Crippen LogP contribution in [0, 0.1) is 0 Å². The highest BCUT2D eigenvalue weighted by molar-refractivity contribution is 5.83. The Morgan fingerprint density at radius 1 is 1.50 bits per heavy atom. The number of carbonyl (C=O) groups is 1. The van der Waals surface area contributed by atoms with E-state index in [1.165, 1.54) is 0 Å². The van der Waals surface area contributed by atoms with Gasteiger partial charge in [0.05, 0.1) is 5.54 Å². The number of amides is 1. The second kappa shape index (κ2) is 4.42. The van der Waals surface area contributed by atoms with Crippen LogP contribution < -0.4 is 11.5 Å². The largest absolute Gasteiger partial charge is 0.368 e. The summed E-state index contributed by atoms with van der Waals surface area (Å²) in [5.41, 5.74) is 9.91. The minimum atomic E-state index is -0.851. The Morgan fingerprint density at radius 2 is 2.00 bits per heavy atom. The molecule has 4 heteroatoms. The van der Waals surface area contributed by atoms with Gasteiger partial charge in [0, 0.05) is 0 Å². The van der Waals surface area contributed by atoms with E-state index >= 15 is 0 Å². The number of nitrogens with zero attached hydrogens (tertiary/aromatic N) is 1. The van der Waals surface area contributed by atoms with Crippen molar-refractivity contribution in [2.24, 2.45) is 11.5 Å². The minimum absolute atomic E-state index is 0.429. The van der Waals surface area contributed by atoms with E-state index < -0.39 is 11.4 Å². The molecule has 0 fully saturated rings. The van der Waals surface area contributed by atoms with E-state index in [-0.39, 0.29) is 0 Å². The highest BCUT2D eigenvalue weighted by atomic mass is 16.1. The third-order valence-corrected chi connectivity index (χ3v) is 1.86. The van der Waals surface area contributed by atoms with Gasteiger partial charge < -0.3 is 16.4 Å². The molecule has 4 nitrogen and oxygen atoms in total. The molecule has 12 heavy (non-hydrogen) atoms. The van der Waals surface area contributed by atoms with Crippen LogP contribution in [0.5, 0.6) is 0 Å². The summed E-state index contributed by atoms with van der Waals surface area (Å²) in [5, 5.41) is 0. The summed E-state index contributed by atoms with van der Waals surface area (Å²) < 4.78 is 0. The maximum atomic E-state index is 10.8. The van der Waals surface area contributed by atoms with Gasteiger partial charge in [0.15, 0.2) is 0 Å². The predicted molar refractivity (Wildman–Crippen MR) is 49.6 cm³/mol. The SMILES string of the molecule is CN(C)CCCC(C)(N)C(N)=O. The van der Waals surface area contributed by atoms with E-state index in [0.717, 1.165) is 13.0 Å². The summed E-state index contributed by atoms with van der Waals surface area (Å²) in [6, 6.07) is 0. The number of carbonyl (C=O) groups excluding carboxylic acids is 1. The Labute approximate surface area is 73.9 Å². The Morgan fingerprint density at radius 3 is 2.33 bits per heavy atom. The number of hydrogen-bond acceptors (Lipinski definition) is 3. The molecule has 0 rings (SSSR count). The van der Waals surface area contributed by atoms with Crippen molar-refractivity contribution < 1.29 is 4.79 Å². The molecule has 0 aliphatic heterocycles. The lowest BCUT2D eigenvalue weighted by Crippen LogP contribution is -2.49. The first-order chi connectivity index (χ1) is 5.36. The maximum absolute atomic E-state index is 10.8. The molecular weight excluding hydrogens is 154 g/mol. The first-order valence-corrected chi connectivity index (χ1v) is 4.10. The molecule has 1 amide bonds. The van der Waals surface area contributed by atoms with Gasteiger partial charge in [-0.15, -0.1) is 0 Å². The molecule has 0 aliphatic carbocycles. The van der Waals surface area contributed by atoms with Crippen molar-refractivity contribution in [2.45, 2.75) is 25.3 Å². The van der Waals surface area contributed by atoms with Gasteiger partial charge in [0.25, 0.3) is 0 Å². The Hall–Kier alpha value is -0.610. The molecule has 0 radical (unpaired) electrons. The van der Waals surface area contributed by atoms with Crippen molar-refractivity contribution >= 4 is 5.91 Å². The molecule has 0 heterocycles. The van der Waals surface area contributed by atoms with Gasteiger partial charge in [-0.1, -0.05) is 0 Å². The van der Waals surface area contributed by atoms with Crippen molar-refractivity contribution in [3.8, 4) is 0 Å². The molecule has 0 aliphatic rings. The monoisotopic (exact) mass is 173 g/mol. The van der Waals surface area contributed by atoms with Crippen LogP contribution in [0.2, 0.25) is 0 Å². The van der Waals surface area contributed by atoms with Gasteiger partial charge >= 0.3 is 0 Å². The molecule has 0 aromatic carbocycles. The summed E-state index contributed by atoms with van der Waals surface area (Å²) in [5.74, 6) is -0.429. The fourth-order valence-corrected chi connectivity index (χ4v) is 0.886. The molecule has 0 saturated carbocycles. The average Bonchev–Trinajstić information content (AvgIpc) is 1.85. The molecule has 4 N–H and O–H groups in total. The summed E-state index contributed by atoms with van der Waals surface area (Å²) in [7, 11) is 3.97. The van der Waals surface area contributed by atoms with Gasteiger partial charge in [-0.3, -0.25) is 4.79 Å². The van der Waals surface area contributed by atoms with Crippen LogP contribution in [-0.2, 0) is 4.79 Å². The molecule has 0 aromatic heterocycles. The second-order valence-corrected chi connectivity index (χ2v) is 3.69. The number of primary amides is 1. The maximum Gasteiger partial charge on any atom is 0.237 e. The molecule has 0 bridgehead atoms. The van der Waals surface area contributed by atoms with E-state index in [1.807, 2.05) is 14.1 Å². The molecule has 1 atom stereocenters. The molecular formula is C8H19N3O. The van der Waals surface area contributed by atoms with E-state index in [1.54, 1.807) is 6.92 Å². The van der Waals surface area contributed by atoms with Gasteiger partial charge in [-0.25, -0.2) is 0 Å². The highest BCUT2D eigenvalue weighted by Gasteiger charge is 2.24. The third-order valence-electron chi connectivity index (χ3n) is 1.86. The summed E-state index contributed by atoms with van der Waals surface area (Å²) in [4.78, 5) is 12.8. The molecule has 0 saturated heterocycles. The van der Waals surface area contributed by atoms with Gasteiger partial charge in [0.1, 0.15) is 0 Å². The molecule has 0 aromatic rings. The summed E-state index contributed by atoms with van der Waals surface area (Å²) in [6.07, 6.45) is 1.53. The topological polar surface area (TPSA) is 72.3 Å². The smallest absolute Gasteiger partial charge is 0.237 e. The molecule has 72 valence electrons. The fourth-order valence-electron chi connectivity index (χ4n) is 0.886. The average molecular weight is 173 g/mol. The normalized spacial score (nSPS) is 16.1. The van der Waals surface area contributed by atoms with Crippen LogP contribution in [0.4, 0.5) is 0 Å². The van der Waals surface area contributed by atoms with Crippen molar-refractivity contribution in [1.29, 1.82) is 0 Å². The lowest BCUT2D eigenvalue weighted by atomic mass is 9.96. The minimum Gasteiger partial charge on any atom is -0.368 e. The van der Waals surface area contributed by atoms with E-state index in [0.29, 0.717) is 6.42 Å². The standard InChI is InChI=1S/C8H19N3O/c1-8(10,7(9)12)5-4-6-11(2)3/h4-6,10H2,1-3H3,(H2,9,12). The lowest BCUT2D eigenvalue weighted by Gasteiger charge is -2.21. The number of nitrogens with two attached hydrogens (primary N) is 2. The van der Waals surface area contributed by atoms with Crippen LogP contribution in [0.1, 0.15) is 19.8 Å². The van der Waals surface area contributed by atoms with Crippen molar-refractivity contribution in [2.75, 3.05) is 20.6 Å². The van der Waals surface area contributed by atoms with Gasteiger partial charge in [-0.2, -0.15) is 0 Å². The van der Waals surface area contributed by atoms with E-state index in [9.17, 15) is 4.79 Å². The predicted octanol–water partition coefficient (Wildman–Crippen LogP) is -0.469. The fraction of sp³-hybridized carbons (Fsp3) is 0.875. The number of hydrogen-bond donors (Lipinski definition) is 2. The van der Waals surface area contributed by atoms with Gasteiger partial charge in [0.2, 0.25) is 5.91 Å². The van der Waals surface area contributed by atoms with Crippen LogP contribution in [0.15, 0.2) is 0 Å². The van der Waals surface area contributed by atoms with E-state index in [4.69, 9.17) is 11.5 Å². The van der Waals surface area contributed by atoms with Crippen LogP contribution in [0.3, 0.4) is 0 Å². The lowest BCUT2D eigenvalue weighted by molar-refractivity contribution is -0.122. The first-order valence-electron chi connectivity index (χ1n) is 4.10.